The number of phenols is 1. The lowest BCUT2D eigenvalue weighted by Crippen LogP contribution is -2.24. The number of fused-ring (bicyclic) bond motifs is 2. The number of thiophene rings is 1. The number of nitrogens with one attached hydrogen (secondary N) is 1. The van der Waals surface area contributed by atoms with Crippen molar-refractivity contribution in [2.45, 2.75) is 19.8 Å². The Kier molecular flexibility index (Phi) is 5.15. The van der Waals surface area contributed by atoms with Gasteiger partial charge in [0.25, 0.3) is 5.91 Å². The molecule has 1 aromatic carbocycles. The van der Waals surface area contributed by atoms with Crippen LogP contribution >= 0.6 is 11.3 Å². The van der Waals surface area contributed by atoms with Crippen LogP contribution in [0.4, 0.5) is 0 Å². The van der Waals surface area contributed by atoms with E-state index in [1.165, 1.54) is 21.6 Å². The number of phenolic OH excluding ortho intramolecular Hbond substituents is 1. The average Bonchev–Trinajstić information content (AvgIpc) is 3.37. The number of aromatic hydroxyl groups is 1. The van der Waals surface area contributed by atoms with Crippen molar-refractivity contribution in [1.29, 1.82) is 0 Å². The van der Waals surface area contributed by atoms with Crippen molar-refractivity contribution in [2.24, 2.45) is 12.0 Å². The first-order valence-electron chi connectivity index (χ1n) is 10.5. The zero-order chi connectivity index (χ0) is 22.2. The predicted octanol–water partition coefficient (Wildman–Crippen LogP) is 5.46. The van der Waals surface area contributed by atoms with Gasteiger partial charge in [-0.3, -0.25) is 4.79 Å². The van der Waals surface area contributed by atoms with Crippen LogP contribution in [0.3, 0.4) is 0 Å². The van der Waals surface area contributed by atoms with Crippen molar-refractivity contribution in [2.75, 3.05) is 0 Å². The molecule has 1 amide bonds. The molecule has 3 aromatic rings. The Bertz CT molecular complexity index is 1350. The van der Waals surface area contributed by atoms with E-state index in [0.29, 0.717) is 11.5 Å². The third-order valence-electron chi connectivity index (χ3n) is 5.82. The Hall–Kier alpha value is -3.64. The Morgan fingerprint density at radius 3 is 2.84 bits per heavy atom. The molecule has 32 heavy (non-hydrogen) atoms. The number of aliphatic imine (C=N–C) groups is 1. The van der Waals surface area contributed by atoms with Gasteiger partial charge in [0.15, 0.2) is 0 Å². The summed E-state index contributed by atoms with van der Waals surface area (Å²) in [6.45, 7) is 2.01. The Morgan fingerprint density at radius 1 is 1.22 bits per heavy atom. The van der Waals surface area contributed by atoms with Gasteiger partial charge in [-0.2, -0.15) is 0 Å². The van der Waals surface area contributed by atoms with E-state index in [0.717, 1.165) is 28.9 Å². The Labute approximate surface area is 190 Å². The van der Waals surface area contributed by atoms with Crippen LogP contribution in [0.5, 0.6) is 5.75 Å². The van der Waals surface area contributed by atoms with Gasteiger partial charge < -0.3 is 15.0 Å². The number of allylic oxidation sites excluding steroid dienone is 5. The summed E-state index contributed by atoms with van der Waals surface area (Å²) in [5.74, 6) is 0.619. The standard InChI is InChI=1S/C26H23N3O2S/c1-3-16-13-24(28-26(31)21-8-5-11-29(21)2)27-15-18-9-10-22-20(25(16)18)14-23(32-22)17-6-4-7-19(30)12-17/h3-8,11-15,30H,9-10H2,1-2H3,(H,28,31)/b16-3+. The second kappa shape index (κ2) is 8.13. The highest BCUT2D eigenvalue weighted by Gasteiger charge is 2.25. The molecule has 6 heteroatoms. The number of rotatable bonds is 3. The van der Waals surface area contributed by atoms with E-state index in [1.54, 1.807) is 34.1 Å². The molecule has 2 N–H and O–H groups in total. The zero-order valence-corrected chi connectivity index (χ0v) is 18.7. The SMILES string of the molecule is C/C=C1\C=C(NC(=O)c2cccn2C)N=CC2=C1c1cc(-c3cccc(O)c3)sc1CC2. The number of benzene rings is 1. The minimum Gasteiger partial charge on any atom is -0.508 e. The lowest BCUT2D eigenvalue weighted by Gasteiger charge is -2.18. The maximum atomic E-state index is 12.7. The molecule has 0 unspecified atom stereocenters. The van der Waals surface area contributed by atoms with Gasteiger partial charge in [0.05, 0.1) is 0 Å². The molecule has 1 aliphatic heterocycles. The molecule has 3 heterocycles. The molecule has 2 aromatic heterocycles. The largest absolute Gasteiger partial charge is 0.508 e. The fraction of sp³-hybridized carbons (Fsp3) is 0.154. The van der Waals surface area contributed by atoms with Gasteiger partial charge in [-0.15, -0.1) is 11.3 Å². The number of carbonyl (C=O) groups excluding carboxylic acids is 1. The molecule has 0 atom stereocenters. The van der Waals surface area contributed by atoms with Crippen LogP contribution in [0.25, 0.3) is 16.0 Å². The third-order valence-corrected chi connectivity index (χ3v) is 7.06. The van der Waals surface area contributed by atoms with Crippen LogP contribution in [0.1, 0.15) is 34.3 Å². The van der Waals surface area contributed by atoms with Crippen molar-refractivity contribution >= 4 is 29.0 Å². The van der Waals surface area contributed by atoms with E-state index in [1.807, 2.05) is 50.7 Å². The lowest BCUT2D eigenvalue weighted by molar-refractivity contribution is 0.0957. The number of hydrogen-bond acceptors (Lipinski definition) is 4. The van der Waals surface area contributed by atoms with Crippen LogP contribution in [0.15, 0.2) is 82.8 Å². The first-order chi connectivity index (χ1) is 15.5. The summed E-state index contributed by atoms with van der Waals surface area (Å²) < 4.78 is 1.79. The quantitative estimate of drug-likeness (QED) is 0.567. The van der Waals surface area contributed by atoms with Crippen LogP contribution in [0, 0.1) is 0 Å². The Balaban J connectivity index is 1.50. The third kappa shape index (κ3) is 3.63. The van der Waals surface area contributed by atoms with Crippen molar-refractivity contribution in [3.63, 3.8) is 0 Å². The smallest absolute Gasteiger partial charge is 0.273 e. The van der Waals surface area contributed by atoms with E-state index in [-0.39, 0.29) is 11.7 Å². The minimum absolute atomic E-state index is 0.182. The minimum atomic E-state index is -0.182. The number of carbonyl (C=O) groups is 1. The van der Waals surface area contributed by atoms with Crippen molar-refractivity contribution in [1.82, 2.24) is 9.88 Å². The van der Waals surface area contributed by atoms with Gasteiger partial charge in [-0.25, -0.2) is 4.99 Å². The number of nitrogens with zero attached hydrogens (tertiary/aromatic N) is 2. The first-order valence-corrected chi connectivity index (χ1v) is 11.4. The molecule has 160 valence electrons. The molecule has 1 aliphatic carbocycles. The molecule has 0 fully saturated rings. The molecule has 0 radical (unpaired) electrons. The highest BCUT2D eigenvalue weighted by atomic mass is 32.1. The molecule has 0 saturated carbocycles. The van der Waals surface area contributed by atoms with E-state index in [2.05, 4.69) is 22.5 Å². The van der Waals surface area contributed by atoms with Crippen molar-refractivity contribution < 1.29 is 9.90 Å². The average molecular weight is 442 g/mol. The highest BCUT2D eigenvalue weighted by Crippen LogP contribution is 2.44. The topological polar surface area (TPSA) is 66.6 Å². The Morgan fingerprint density at radius 2 is 2.09 bits per heavy atom. The van der Waals surface area contributed by atoms with Gasteiger partial charge in [0.2, 0.25) is 0 Å². The molecule has 5 nitrogen and oxygen atoms in total. The second-order valence-electron chi connectivity index (χ2n) is 7.89. The molecular weight excluding hydrogens is 418 g/mol. The summed E-state index contributed by atoms with van der Waals surface area (Å²) in [6.07, 6.45) is 9.60. The summed E-state index contributed by atoms with van der Waals surface area (Å²) in [5, 5.41) is 12.8. The normalized spacial score (nSPS) is 16.4. The maximum absolute atomic E-state index is 12.7. The molecule has 2 aliphatic rings. The number of aryl methyl sites for hydroxylation is 2. The van der Waals surface area contributed by atoms with Crippen LogP contribution < -0.4 is 5.32 Å². The summed E-state index contributed by atoms with van der Waals surface area (Å²) in [5.41, 5.74) is 6.19. The van der Waals surface area contributed by atoms with Crippen LogP contribution in [-0.2, 0) is 13.5 Å². The first kappa shape index (κ1) is 20.3. The van der Waals surface area contributed by atoms with Gasteiger partial charge in [0.1, 0.15) is 17.3 Å². The lowest BCUT2D eigenvalue weighted by atomic mass is 9.86. The molecule has 5 rings (SSSR count). The fourth-order valence-corrected chi connectivity index (χ4v) is 5.38. The number of hydrogen-bond donors (Lipinski definition) is 2. The predicted molar refractivity (Wildman–Crippen MR) is 130 cm³/mol. The molecule has 0 bridgehead atoms. The van der Waals surface area contributed by atoms with E-state index < -0.39 is 0 Å². The van der Waals surface area contributed by atoms with Gasteiger partial charge in [-0.05, 0) is 84.0 Å². The molecule has 0 spiro atoms. The molecular formula is C26H23N3O2S. The summed E-state index contributed by atoms with van der Waals surface area (Å²) >= 11 is 1.77. The van der Waals surface area contributed by atoms with Crippen molar-refractivity contribution in [3.8, 4) is 16.2 Å². The van der Waals surface area contributed by atoms with E-state index in [9.17, 15) is 9.90 Å². The number of amides is 1. The number of aromatic nitrogens is 1. The monoisotopic (exact) mass is 441 g/mol. The highest BCUT2D eigenvalue weighted by molar-refractivity contribution is 7.15. The van der Waals surface area contributed by atoms with Crippen molar-refractivity contribution in [3.05, 3.63) is 93.9 Å². The summed E-state index contributed by atoms with van der Waals surface area (Å²) in [6, 6.07) is 13.2. The van der Waals surface area contributed by atoms with Gasteiger partial charge in [0, 0.05) is 29.2 Å². The van der Waals surface area contributed by atoms with Gasteiger partial charge >= 0.3 is 0 Å². The van der Waals surface area contributed by atoms with Crippen LogP contribution in [0.2, 0.25) is 0 Å². The zero-order valence-electron chi connectivity index (χ0n) is 17.9. The van der Waals surface area contributed by atoms with E-state index in [4.69, 9.17) is 0 Å². The van der Waals surface area contributed by atoms with E-state index >= 15 is 0 Å². The summed E-state index contributed by atoms with van der Waals surface area (Å²) in [4.78, 5) is 19.8. The van der Waals surface area contributed by atoms with Gasteiger partial charge in [-0.1, -0.05) is 18.2 Å². The maximum Gasteiger partial charge on any atom is 0.273 e. The second-order valence-corrected chi connectivity index (χ2v) is 9.03. The molecule has 0 saturated heterocycles. The van der Waals surface area contributed by atoms with Crippen LogP contribution in [-0.4, -0.2) is 21.8 Å². The fourth-order valence-electron chi connectivity index (χ4n) is 4.22. The summed E-state index contributed by atoms with van der Waals surface area (Å²) in [7, 11) is 1.85.